The Bertz CT molecular complexity index is 1400. The van der Waals surface area contributed by atoms with Crippen molar-refractivity contribution in [2.24, 2.45) is 28.9 Å². The van der Waals surface area contributed by atoms with E-state index in [1.54, 1.807) is 30.7 Å². The minimum Gasteiger partial charge on any atom is -0.480 e. The summed E-state index contributed by atoms with van der Waals surface area (Å²) >= 11 is 0. The molecule has 1 heterocycles. The molecule has 1 aromatic rings. The van der Waals surface area contributed by atoms with Crippen molar-refractivity contribution >= 4 is 29.6 Å². The van der Waals surface area contributed by atoms with Crippen molar-refractivity contribution in [3.8, 4) is 0 Å². The van der Waals surface area contributed by atoms with Gasteiger partial charge in [0.05, 0.1) is 42.2 Å². The minimum absolute atomic E-state index is 0.0287. The van der Waals surface area contributed by atoms with Crippen molar-refractivity contribution in [2.45, 2.75) is 143 Å². The molecular formula is C41H69N5O8. The van der Waals surface area contributed by atoms with Crippen LogP contribution in [0.2, 0.25) is 0 Å². The van der Waals surface area contributed by atoms with Gasteiger partial charge >= 0.3 is 5.97 Å². The molecular weight excluding hydrogens is 690 g/mol. The first-order chi connectivity index (χ1) is 25.2. The molecule has 1 aliphatic heterocycles. The van der Waals surface area contributed by atoms with Gasteiger partial charge in [-0.25, -0.2) is 4.79 Å². The van der Waals surface area contributed by atoms with Gasteiger partial charge in [0.25, 0.3) is 0 Å². The number of carbonyl (C=O) groups excluding carboxylic acids is 4. The summed E-state index contributed by atoms with van der Waals surface area (Å²) in [6.07, 6.45) is 1.39. The number of nitrogens with one attached hydrogen (secondary N) is 2. The van der Waals surface area contributed by atoms with Gasteiger partial charge in [0.1, 0.15) is 12.1 Å². The van der Waals surface area contributed by atoms with Gasteiger partial charge in [0.15, 0.2) is 0 Å². The van der Waals surface area contributed by atoms with Crippen molar-refractivity contribution in [3.63, 3.8) is 0 Å². The number of likely N-dealkylation sites (N-methyl/N-ethyl adjacent to an activating group) is 1. The van der Waals surface area contributed by atoms with Gasteiger partial charge in [-0.1, -0.05) is 92.1 Å². The van der Waals surface area contributed by atoms with Crippen LogP contribution in [0, 0.1) is 23.2 Å². The SMILES string of the molecule is CCC(C)C(C(CC(=O)N1CCC[C@H]1C(OC)C(C)C(=O)NC(Cc1ccccc1)C(=O)O)OC)N(C)C(=O)C(NC(=O)C(C)(N)C(C)(C)CC)C(C)C. The summed E-state index contributed by atoms with van der Waals surface area (Å²) < 4.78 is 11.9. The number of aliphatic carboxylic acids is 1. The Balaban J connectivity index is 2.29. The Hall–Kier alpha value is -3.55. The van der Waals surface area contributed by atoms with E-state index in [1.165, 1.54) is 14.2 Å². The van der Waals surface area contributed by atoms with E-state index in [-0.39, 0.29) is 36.5 Å². The number of hydrogen-bond acceptors (Lipinski definition) is 8. The molecule has 2 rings (SSSR count). The summed E-state index contributed by atoms with van der Waals surface area (Å²) in [6.45, 7) is 17.4. The summed E-state index contributed by atoms with van der Waals surface area (Å²) in [7, 11) is 4.71. The molecule has 0 radical (unpaired) electrons. The van der Waals surface area contributed by atoms with E-state index in [1.807, 2.05) is 78.8 Å². The highest BCUT2D eigenvalue weighted by molar-refractivity contribution is 5.92. The van der Waals surface area contributed by atoms with Crippen LogP contribution in [0.4, 0.5) is 0 Å². The lowest BCUT2D eigenvalue weighted by Crippen LogP contribution is -2.65. The van der Waals surface area contributed by atoms with Gasteiger partial charge in [-0.05, 0) is 49.0 Å². The Morgan fingerprint density at radius 1 is 1.00 bits per heavy atom. The number of ether oxygens (including phenoxy) is 2. The maximum Gasteiger partial charge on any atom is 0.326 e. The highest BCUT2D eigenvalue weighted by Gasteiger charge is 2.46. The van der Waals surface area contributed by atoms with Crippen molar-refractivity contribution in [1.29, 1.82) is 0 Å². The van der Waals surface area contributed by atoms with E-state index < -0.39 is 71.0 Å². The molecule has 1 aromatic carbocycles. The molecule has 306 valence electrons. The number of amides is 4. The first-order valence-electron chi connectivity index (χ1n) is 19.5. The number of carbonyl (C=O) groups is 5. The van der Waals surface area contributed by atoms with Crippen molar-refractivity contribution in [1.82, 2.24) is 20.4 Å². The number of methoxy groups -OCH3 is 2. The fraction of sp³-hybridized carbons (Fsp3) is 0.732. The topological polar surface area (TPSA) is 181 Å². The quantitative estimate of drug-likeness (QED) is 0.144. The molecule has 5 N–H and O–H groups in total. The molecule has 1 aliphatic rings. The summed E-state index contributed by atoms with van der Waals surface area (Å²) in [4.78, 5) is 70.9. The van der Waals surface area contributed by atoms with Crippen LogP contribution in [0.3, 0.4) is 0 Å². The highest BCUT2D eigenvalue weighted by Crippen LogP contribution is 2.33. The predicted octanol–water partition coefficient (Wildman–Crippen LogP) is 4.01. The van der Waals surface area contributed by atoms with E-state index in [0.29, 0.717) is 32.2 Å². The maximum atomic E-state index is 14.3. The van der Waals surface area contributed by atoms with Gasteiger partial charge in [-0.3, -0.25) is 19.2 Å². The molecule has 13 heteroatoms. The number of rotatable bonds is 21. The van der Waals surface area contributed by atoms with E-state index in [0.717, 1.165) is 5.56 Å². The van der Waals surface area contributed by atoms with Gasteiger partial charge in [0, 0.05) is 34.2 Å². The van der Waals surface area contributed by atoms with Crippen LogP contribution in [-0.2, 0) is 39.9 Å². The van der Waals surface area contributed by atoms with Crippen molar-refractivity contribution < 1.29 is 38.6 Å². The standard InChI is InChI=1S/C41H69N5O8/c1-13-26(5)34(45(10)37(49)33(25(3)4)44-39(52)41(9,42)40(7,8)14-2)31(53-11)24-32(47)46-22-18-21-30(46)35(54-12)27(6)36(48)43-29(38(50)51)23-28-19-16-15-17-20-28/h15-17,19-20,25-27,29-31,33-35H,13-14,18,21-24,42H2,1-12H3,(H,43,48)(H,44,52)(H,50,51)/t26?,27?,29?,30-,31?,33?,34?,35?,41?/m0/s1. The Labute approximate surface area is 323 Å². The van der Waals surface area contributed by atoms with E-state index in [2.05, 4.69) is 10.6 Å². The molecule has 0 bridgehead atoms. The lowest BCUT2D eigenvalue weighted by atomic mass is 9.71. The highest BCUT2D eigenvalue weighted by atomic mass is 16.5. The number of nitrogens with two attached hydrogens (primary N) is 1. The maximum absolute atomic E-state index is 14.3. The van der Waals surface area contributed by atoms with Crippen LogP contribution in [0.1, 0.15) is 100.0 Å². The van der Waals surface area contributed by atoms with Gasteiger partial charge in [0.2, 0.25) is 23.6 Å². The molecule has 9 atom stereocenters. The van der Waals surface area contributed by atoms with Crippen LogP contribution in [-0.4, -0.2) is 114 Å². The van der Waals surface area contributed by atoms with Gasteiger partial charge in [-0.2, -0.15) is 0 Å². The number of benzene rings is 1. The molecule has 0 spiro atoms. The zero-order valence-corrected chi connectivity index (χ0v) is 34.8. The third-order valence-electron chi connectivity index (χ3n) is 12.1. The van der Waals surface area contributed by atoms with E-state index in [9.17, 15) is 29.1 Å². The van der Waals surface area contributed by atoms with Crippen LogP contribution in [0.25, 0.3) is 0 Å². The Morgan fingerprint density at radius 2 is 1.61 bits per heavy atom. The molecule has 4 amide bonds. The molecule has 0 aliphatic carbocycles. The number of nitrogens with zero attached hydrogens (tertiary/aromatic N) is 2. The lowest BCUT2D eigenvalue weighted by Gasteiger charge is -2.42. The van der Waals surface area contributed by atoms with Crippen LogP contribution in [0.15, 0.2) is 30.3 Å². The number of carboxylic acid groups (broad SMARTS) is 1. The van der Waals surface area contributed by atoms with Crippen molar-refractivity contribution in [3.05, 3.63) is 35.9 Å². The molecule has 13 nitrogen and oxygen atoms in total. The van der Waals surface area contributed by atoms with Crippen molar-refractivity contribution in [2.75, 3.05) is 27.8 Å². The number of carboxylic acids is 1. The predicted molar refractivity (Wildman–Crippen MR) is 209 cm³/mol. The Kier molecular flexibility index (Phi) is 17.6. The minimum atomic E-state index is -1.23. The average Bonchev–Trinajstić information content (AvgIpc) is 3.62. The Morgan fingerprint density at radius 3 is 2.11 bits per heavy atom. The fourth-order valence-corrected chi connectivity index (χ4v) is 7.36. The van der Waals surface area contributed by atoms with E-state index in [4.69, 9.17) is 15.2 Å². The number of hydrogen-bond donors (Lipinski definition) is 4. The summed E-state index contributed by atoms with van der Waals surface area (Å²) in [5, 5.41) is 15.5. The molecule has 0 saturated carbocycles. The largest absolute Gasteiger partial charge is 0.480 e. The zero-order chi connectivity index (χ0) is 41.1. The molecule has 1 saturated heterocycles. The summed E-state index contributed by atoms with van der Waals surface area (Å²) in [5.41, 5.74) is 5.61. The van der Waals surface area contributed by atoms with Gasteiger partial charge in [-0.15, -0.1) is 0 Å². The lowest BCUT2D eigenvalue weighted by molar-refractivity contribution is -0.148. The third kappa shape index (κ3) is 11.3. The second-order valence-electron chi connectivity index (χ2n) is 16.3. The monoisotopic (exact) mass is 760 g/mol. The second-order valence-corrected chi connectivity index (χ2v) is 16.3. The van der Waals surface area contributed by atoms with Gasteiger partial charge < -0.3 is 40.7 Å². The first-order valence-corrected chi connectivity index (χ1v) is 19.5. The molecule has 8 unspecified atom stereocenters. The average molecular weight is 760 g/mol. The smallest absolute Gasteiger partial charge is 0.326 e. The summed E-state index contributed by atoms with van der Waals surface area (Å²) in [6, 6.07) is 6.16. The molecule has 0 aromatic heterocycles. The van der Waals surface area contributed by atoms with E-state index >= 15 is 0 Å². The number of likely N-dealkylation sites (tertiary alicyclic amines) is 1. The third-order valence-corrected chi connectivity index (χ3v) is 12.1. The normalized spacial score (nSPS) is 19.8. The molecule has 54 heavy (non-hydrogen) atoms. The molecule has 1 fully saturated rings. The first kappa shape index (κ1) is 46.6. The fourth-order valence-electron chi connectivity index (χ4n) is 7.36. The van der Waals surface area contributed by atoms with Crippen LogP contribution >= 0.6 is 0 Å². The van der Waals surface area contributed by atoms with Crippen LogP contribution < -0.4 is 16.4 Å². The van der Waals surface area contributed by atoms with Crippen LogP contribution in [0.5, 0.6) is 0 Å². The summed E-state index contributed by atoms with van der Waals surface area (Å²) in [5.74, 6) is -3.59. The zero-order valence-electron chi connectivity index (χ0n) is 34.8. The second kappa shape index (κ2) is 20.4.